The number of methoxy groups -OCH3 is 2. The summed E-state index contributed by atoms with van der Waals surface area (Å²) >= 11 is 0. The number of hydrogen-bond acceptors (Lipinski definition) is 6. The number of phenols is 1. The minimum absolute atomic E-state index is 0.0239. The summed E-state index contributed by atoms with van der Waals surface area (Å²) in [7, 11) is 2.73. The van der Waals surface area contributed by atoms with Crippen molar-refractivity contribution in [1.82, 2.24) is 0 Å². The number of carboxylic acid groups (broad SMARTS) is 1. The third kappa shape index (κ3) is 4.41. The molecule has 0 radical (unpaired) electrons. The van der Waals surface area contributed by atoms with Gasteiger partial charge in [0.05, 0.1) is 27.2 Å². The maximum Gasteiger partial charge on any atom is 0.334 e. The molecule has 0 aromatic heterocycles. The molecule has 0 aliphatic rings. The molecule has 7 nitrogen and oxygen atoms in total. The van der Waals surface area contributed by atoms with Crippen LogP contribution in [0.3, 0.4) is 0 Å². The molecule has 2 N–H and O–H groups in total. The normalized spacial score (nSPS) is 11.0. The van der Waals surface area contributed by atoms with Crippen LogP contribution in [0.4, 0.5) is 0 Å². The Morgan fingerprint density at radius 2 is 1.73 bits per heavy atom. The van der Waals surface area contributed by atoms with Gasteiger partial charge in [-0.1, -0.05) is 0 Å². The highest BCUT2D eigenvalue weighted by Gasteiger charge is 2.16. The molecule has 0 spiro atoms. The van der Waals surface area contributed by atoms with Gasteiger partial charge in [0.2, 0.25) is 5.75 Å². The molecular weight excluding hydrogens is 292 g/mol. The van der Waals surface area contributed by atoms with Crippen molar-refractivity contribution in [3.05, 3.63) is 23.3 Å². The zero-order chi connectivity index (χ0) is 16.7. The van der Waals surface area contributed by atoms with Crippen molar-refractivity contribution < 1.29 is 34.0 Å². The molecule has 7 heteroatoms. The van der Waals surface area contributed by atoms with E-state index in [2.05, 4.69) is 0 Å². The number of carbonyl (C=O) groups is 2. The third-order valence-electron chi connectivity index (χ3n) is 2.72. The van der Waals surface area contributed by atoms with Crippen LogP contribution in [-0.4, -0.2) is 43.0 Å². The van der Waals surface area contributed by atoms with E-state index in [0.29, 0.717) is 5.56 Å². The molecule has 22 heavy (non-hydrogen) atoms. The van der Waals surface area contributed by atoms with E-state index in [-0.39, 0.29) is 29.4 Å². The fourth-order valence-electron chi connectivity index (χ4n) is 1.77. The molecule has 0 saturated heterocycles. The summed E-state index contributed by atoms with van der Waals surface area (Å²) in [5, 5.41) is 18.7. The van der Waals surface area contributed by atoms with E-state index in [4.69, 9.17) is 19.3 Å². The van der Waals surface area contributed by atoms with Crippen molar-refractivity contribution in [1.29, 1.82) is 0 Å². The predicted octanol–water partition coefficient (Wildman–Crippen LogP) is 1.83. The lowest BCUT2D eigenvalue weighted by atomic mass is 10.1. The molecule has 0 bridgehead atoms. The van der Waals surface area contributed by atoms with Crippen molar-refractivity contribution in [2.45, 2.75) is 13.3 Å². The minimum atomic E-state index is -1.16. The fourth-order valence-corrected chi connectivity index (χ4v) is 1.77. The highest BCUT2D eigenvalue weighted by atomic mass is 16.5. The van der Waals surface area contributed by atoms with Gasteiger partial charge in [0, 0.05) is 5.57 Å². The number of carbonyl (C=O) groups excluding carboxylic acids is 1. The Bertz CT molecular complexity index is 565. The number of phenolic OH excluding ortho intramolecular Hbond substituents is 1. The van der Waals surface area contributed by atoms with Gasteiger partial charge in [0.15, 0.2) is 11.5 Å². The van der Waals surface area contributed by atoms with Crippen LogP contribution in [0, 0.1) is 0 Å². The lowest BCUT2D eigenvalue weighted by Gasteiger charge is -2.10. The number of esters is 1. The Morgan fingerprint density at radius 3 is 2.14 bits per heavy atom. The zero-order valence-electron chi connectivity index (χ0n) is 12.6. The summed E-state index contributed by atoms with van der Waals surface area (Å²) < 4.78 is 14.8. The van der Waals surface area contributed by atoms with Gasteiger partial charge in [-0.2, -0.15) is 0 Å². The fraction of sp³-hybridized carbons (Fsp3) is 0.333. The van der Waals surface area contributed by atoms with Crippen LogP contribution >= 0.6 is 0 Å². The molecule has 0 aliphatic heterocycles. The first kappa shape index (κ1) is 17.4. The molecular formula is C15H18O7. The van der Waals surface area contributed by atoms with Gasteiger partial charge in [-0.15, -0.1) is 0 Å². The quantitative estimate of drug-likeness (QED) is 0.585. The van der Waals surface area contributed by atoms with Gasteiger partial charge in [0.1, 0.15) is 0 Å². The van der Waals surface area contributed by atoms with E-state index < -0.39 is 18.4 Å². The second-order valence-corrected chi connectivity index (χ2v) is 4.23. The lowest BCUT2D eigenvalue weighted by molar-refractivity contribution is -0.142. The van der Waals surface area contributed by atoms with Crippen LogP contribution in [0.5, 0.6) is 17.2 Å². The van der Waals surface area contributed by atoms with Crippen LogP contribution in [0.1, 0.15) is 18.9 Å². The zero-order valence-corrected chi connectivity index (χ0v) is 12.6. The van der Waals surface area contributed by atoms with E-state index in [1.807, 2.05) is 0 Å². The van der Waals surface area contributed by atoms with Gasteiger partial charge in [-0.25, -0.2) is 4.79 Å². The summed E-state index contributed by atoms with van der Waals surface area (Å²) in [4.78, 5) is 22.7. The molecule has 1 aromatic rings. The molecule has 0 aliphatic carbocycles. The van der Waals surface area contributed by atoms with Gasteiger partial charge < -0.3 is 24.4 Å². The Balaban J connectivity index is 3.29. The average Bonchev–Trinajstić information content (AvgIpc) is 2.47. The Kier molecular flexibility index (Phi) is 6.25. The lowest BCUT2D eigenvalue weighted by Crippen LogP contribution is -2.11. The van der Waals surface area contributed by atoms with Gasteiger partial charge >= 0.3 is 11.9 Å². The number of ether oxygens (including phenoxy) is 3. The summed E-state index contributed by atoms with van der Waals surface area (Å²) in [6.07, 6.45) is 0.876. The largest absolute Gasteiger partial charge is 0.502 e. The second-order valence-electron chi connectivity index (χ2n) is 4.23. The molecule has 0 amide bonds. The van der Waals surface area contributed by atoms with E-state index in [9.17, 15) is 14.7 Å². The number of aromatic hydroxyl groups is 1. The first-order chi connectivity index (χ1) is 10.4. The Morgan fingerprint density at radius 1 is 1.18 bits per heavy atom. The van der Waals surface area contributed by atoms with Crippen LogP contribution < -0.4 is 9.47 Å². The number of rotatable bonds is 7. The molecule has 0 heterocycles. The average molecular weight is 310 g/mol. The van der Waals surface area contributed by atoms with Crippen molar-refractivity contribution in [2.24, 2.45) is 0 Å². The topological polar surface area (TPSA) is 102 Å². The molecule has 1 aromatic carbocycles. The standard InChI is InChI=1S/C15H18O7/c1-4-22-15(19)10(8-13(16)17)5-9-6-11(20-2)14(18)12(7-9)21-3/h5-7,18H,4,8H2,1-3H3,(H,16,17)/b10-5+. The molecule has 0 unspecified atom stereocenters. The summed E-state index contributed by atoms with van der Waals surface area (Å²) in [5.74, 6) is -1.76. The Labute approximate surface area is 127 Å². The van der Waals surface area contributed by atoms with E-state index in [0.717, 1.165) is 0 Å². The van der Waals surface area contributed by atoms with E-state index in [1.54, 1.807) is 6.92 Å². The van der Waals surface area contributed by atoms with E-state index in [1.165, 1.54) is 32.4 Å². The molecule has 0 saturated carbocycles. The van der Waals surface area contributed by atoms with Crippen LogP contribution in [0.25, 0.3) is 6.08 Å². The van der Waals surface area contributed by atoms with Crippen molar-refractivity contribution in [3.8, 4) is 17.2 Å². The van der Waals surface area contributed by atoms with E-state index >= 15 is 0 Å². The monoisotopic (exact) mass is 310 g/mol. The summed E-state index contributed by atoms with van der Waals surface area (Å²) in [5.41, 5.74) is 0.417. The number of aliphatic carboxylic acids is 1. The maximum atomic E-state index is 11.8. The number of benzene rings is 1. The molecule has 0 fully saturated rings. The number of hydrogen-bond donors (Lipinski definition) is 2. The van der Waals surface area contributed by atoms with Crippen molar-refractivity contribution in [2.75, 3.05) is 20.8 Å². The molecule has 1 rings (SSSR count). The van der Waals surface area contributed by atoms with Gasteiger partial charge in [-0.05, 0) is 30.7 Å². The first-order valence-electron chi connectivity index (χ1n) is 6.47. The smallest absolute Gasteiger partial charge is 0.334 e. The highest BCUT2D eigenvalue weighted by molar-refractivity contribution is 5.98. The molecule has 120 valence electrons. The minimum Gasteiger partial charge on any atom is -0.502 e. The summed E-state index contributed by atoms with van der Waals surface area (Å²) in [6, 6.07) is 2.91. The van der Waals surface area contributed by atoms with Crippen LogP contribution in [-0.2, 0) is 14.3 Å². The van der Waals surface area contributed by atoms with Gasteiger partial charge in [0.25, 0.3) is 0 Å². The second kappa shape index (κ2) is 7.92. The number of carboxylic acids is 1. The highest BCUT2D eigenvalue weighted by Crippen LogP contribution is 2.37. The summed E-state index contributed by atoms with van der Waals surface area (Å²) in [6.45, 7) is 1.76. The van der Waals surface area contributed by atoms with Crippen LogP contribution in [0.15, 0.2) is 17.7 Å². The SMILES string of the molecule is CCOC(=O)/C(=C/c1cc(OC)c(O)c(OC)c1)CC(=O)O. The Hall–Kier alpha value is -2.70. The first-order valence-corrected chi connectivity index (χ1v) is 6.47. The van der Waals surface area contributed by atoms with Crippen molar-refractivity contribution >= 4 is 18.0 Å². The molecule has 0 atom stereocenters. The third-order valence-corrected chi connectivity index (χ3v) is 2.72. The maximum absolute atomic E-state index is 11.8. The van der Waals surface area contributed by atoms with Crippen molar-refractivity contribution in [3.63, 3.8) is 0 Å². The van der Waals surface area contributed by atoms with Gasteiger partial charge in [-0.3, -0.25) is 4.79 Å². The predicted molar refractivity (Wildman–Crippen MR) is 78.1 cm³/mol. The van der Waals surface area contributed by atoms with Crippen LogP contribution in [0.2, 0.25) is 0 Å².